The molecule has 2 aromatic carbocycles. The van der Waals surface area contributed by atoms with Gasteiger partial charge in [-0.1, -0.05) is 18.2 Å². The molecule has 0 aliphatic carbocycles. The first-order valence-corrected chi connectivity index (χ1v) is 8.98. The molecule has 4 rings (SSSR count). The number of nitrogens with zero attached hydrogens (tertiary/aromatic N) is 3. The van der Waals surface area contributed by atoms with E-state index in [1.165, 1.54) is 29.2 Å². The summed E-state index contributed by atoms with van der Waals surface area (Å²) in [5.41, 5.74) is 1.40. The Balaban J connectivity index is 1.77. The van der Waals surface area contributed by atoms with Crippen molar-refractivity contribution < 1.29 is 22.4 Å². The highest BCUT2D eigenvalue weighted by molar-refractivity contribution is 5.85. The van der Waals surface area contributed by atoms with Crippen LogP contribution in [0.2, 0.25) is 0 Å². The third-order valence-corrected chi connectivity index (χ3v) is 4.66. The third-order valence-electron chi connectivity index (χ3n) is 4.66. The number of alkyl halides is 3. The Morgan fingerprint density at radius 3 is 2.30 bits per heavy atom. The minimum Gasteiger partial charge on any atom is -0.294 e. The van der Waals surface area contributed by atoms with E-state index < -0.39 is 17.6 Å². The van der Waals surface area contributed by atoms with Crippen molar-refractivity contribution in [2.45, 2.75) is 12.7 Å². The van der Waals surface area contributed by atoms with Crippen LogP contribution in [0.25, 0.3) is 16.9 Å². The number of anilines is 1. The molecule has 30 heavy (non-hydrogen) atoms. The quantitative estimate of drug-likeness (QED) is 0.328. The second kappa shape index (κ2) is 7.62. The maximum Gasteiger partial charge on any atom is 0.416 e. The van der Waals surface area contributed by atoms with E-state index in [9.17, 15) is 22.4 Å². The molecule has 0 saturated heterocycles. The number of imidazole rings is 1. The number of aromatic nitrogens is 2. The Morgan fingerprint density at radius 2 is 1.67 bits per heavy atom. The molecule has 0 aliphatic heterocycles. The average molecular weight is 413 g/mol. The van der Waals surface area contributed by atoms with E-state index in [1.54, 1.807) is 40.9 Å². The molecule has 0 radical (unpaired) electrons. The molecule has 2 heterocycles. The second-order valence-corrected chi connectivity index (χ2v) is 6.65. The fraction of sp³-hybridized carbons (Fsp3) is 0.0909. The van der Waals surface area contributed by atoms with Gasteiger partial charge in [0.1, 0.15) is 23.0 Å². The molecule has 0 aliphatic rings. The van der Waals surface area contributed by atoms with Gasteiger partial charge < -0.3 is 0 Å². The predicted molar refractivity (Wildman–Crippen MR) is 104 cm³/mol. The largest absolute Gasteiger partial charge is 0.416 e. The molecule has 4 nitrogen and oxygen atoms in total. The van der Waals surface area contributed by atoms with Gasteiger partial charge in [0, 0.05) is 11.8 Å². The minimum absolute atomic E-state index is 0.0402. The summed E-state index contributed by atoms with van der Waals surface area (Å²) in [5.74, 6) is 0.0353. The van der Waals surface area contributed by atoms with E-state index in [0.29, 0.717) is 34.7 Å². The van der Waals surface area contributed by atoms with E-state index in [1.807, 2.05) is 0 Å². The van der Waals surface area contributed by atoms with Crippen molar-refractivity contribution in [3.63, 3.8) is 0 Å². The van der Waals surface area contributed by atoms with Crippen LogP contribution in [0, 0.1) is 5.82 Å². The molecule has 0 bridgehead atoms. The van der Waals surface area contributed by atoms with Crippen molar-refractivity contribution in [2.75, 3.05) is 4.90 Å². The first-order valence-electron chi connectivity index (χ1n) is 8.98. The Morgan fingerprint density at radius 1 is 0.967 bits per heavy atom. The Hall–Kier alpha value is -3.68. The Bertz CT molecular complexity index is 1180. The van der Waals surface area contributed by atoms with E-state index in [-0.39, 0.29) is 6.54 Å². The van der Waals surface area contributed by atoms with Gasteiger partial charge in [-0.3, -0.25) is 14.1 Å². The molecule has 0 fully saturated rings. The molecule has 0 spiro atoms. The highest BCUT2D eigenvalue weighted by atomic mass is 19.4. The van der Waals surface area contributed by atoms with Crippen LogP contribution in [0.4, 0.5) is 23.4 Å². The smallest absolute Gasteiger partial charge is 0.294 e. The number of hydrogen-bond acceptors (Lipinski definition) is 2. The van der Waals surface area contributed by atoms with Crippen molar-refractivity contribution in [1.29, 1.82) is 0 Å². The van der Waals surface area contributed by atoms with Crippen molar-refractivity contribution in [2.24, 2.45) is 0 Å². The molecule has 0 atom stereocenters. The summed E-state index contributed by atoms with van der Waals surface area (Å²) < 4.78 is 53.5. The number of fused-ring (bicyclic) bond motifs is 1. The van der Waals surface area contributed by atoms with Crippen molar-refractivity contribution in [1.82, 2.24) is 9.38 Å². The average Bonchev–Trinajstić information content (AvgIpc) is 3.11. The molecule has 4 aromatic rings. The van der Waals surface area contributed by atoms with Gasteiger partial charge in [0.05, 0.1) is 12.1 Å². The summed E-state index contributed by atoms with van der Waals surface area (Å²) in [6.45, 7) is 0.0402. The normalized spacial score (nSPS) is 11.6. The van der Waals surface area contributed by atoms with Crippen LogP contribution in [0.15, 0.2) is 72.9 Å². The maximum absolute atomic E-state index is 13.4. The summed E-state index contributed by atoms with van der Waals surface area (Å²) >= 11 is 0. The second-order valence-electron chi connectivity index (χ2n) is 6.65. The van der Waals surface area contributed by atoms with Crippen LogP contribution in [0.3, 0.4) is 0 Å². The van der Waals surface area contributed by atoms with Crippen LogP contribution < -0.4 is 4.90 Å². The number of carbonyl (C=O) groups excluding carboxylic acids is 1. The van der Waals surface area contributed by atoms with Crippen molar-refractivity contribution in [3.8, 4) is 11.3 Å². The lowest BCUT2D eigenvalue weighted by Gasteiger charge is -2.19. The topological polar surface area (TPSA) is 37.6 Å². The van der Waals surface area contributed by atoms with Gasteiger partial charge >= 0.3 is 6.18 Å². The van der Waals surface area contributed by atoms with Crippen LogP contribution >= 0.6 is 0 Å². The molecular weight excluding hydrogens is 398 g/mol. The molecule has 0 unspecified atom stereocenters. The van der Waals surface area contributed by atoms with Crippen molar-refractivity contribution >= 4 is 17.9 Å². The first-order chi connectivity index (χ1) is 14.4. The molecular formula is C22H15F4N3O. The predicted octanol–water partition coefficient (Wildman–Crippen LogP) is 5.32. The van der Waals surface area contributed by atoms with E-state index in [4.69, 9.17) is 0 Å². The number of pyridine rings is 1. The van der Waals surface area contributed by atoms with Gasteiger partial charge in [-0.05, 0) is 54.1 Å². The van der Waals surface area contributed by atoms with Gasteiger partial charge in [-0.2, -0.15) is 13.2 Å². The highest BCUT2D eigenvalue weighted by Gasteiger charge is 2.30. The standard InChI is InChI=1S/C22H15F4N3O/c23-18-10-6-16(7-11-18)20-21(29-12-2-1-3-19(29)27-20)28(14-30)13-15-4-8-17(9-5-15)22(24,25)26/h1-12,14H,13H2. The highest BCUT2D eigenvalue weighted by Crippen LogP contribution is 2.33. The van der Waals surface area contributed by atoms with Crippen LogP contribution in [-0.4, -0.2) is 15.8 Å². The zero-order valence-electron chi connectivity index (χ0n) is 15.5. The summed E-state index contributed by atoms with van der Waals surface area (Å²) in [5, 5.41) is 0. The Kier molecular flexibility index (Phi) is 4.99. The molecule has 8 heteroatoms. The zero-order valence-corrected chi connectivity index (χ0v) is 15.5. The number of carbonyl (C=O) groups is 1. The van der Waals surface area contributed by atoms with E-state index in [0.717, 1.165) is 12.1 Å². The zero-order chi connectivity index (χ0) is 21.3. The van der Waals surface area contributed by atoms with Gasteiger partial charge in [-0.15, -0.1) is 0 Å². The number of halogens is 4. The third kappa shape index (κ3) is 3.76. The van der Waals surface area contributed by atoms with Gasteiger partial charge in [0.25, 0.3) is 0 Å². The molecule has 2 aromatic heterocycles. The summed E-state index contributed by atoms with van der Waals surface area (Å²) in [6.07, 6.45) is -2.10. The molecule has 152 valence electrons. The molecule has 1 amide bonds. The van der Waals surface area contributed by atoms with Crippen LogP contribution in [0.1, 0.15) is 11.1 Å². The maximum atomic E-state index is 13.4. The first kappa shape index (κ1) is 19.6. The van der Waals surface area contributed by atoms with Gasteiger partial charge in [-0.25, -0.2) is 9.37 Å². The number of benzene rings is 2. The lowest BCUT2D eigenvalue weighted by atomic mass is 10.1. The Labute approximate surface area is 169 Å². The number of rotatable bonds is 5. The fourth-order valence-electron chi connectivity index (χ4n) is 3.22. The van der Waals surface area contributed by atoms with Gasteiger partial charge in [0.15, 0.2) is 0 Å². The fourth-order valence-corrected chi connectivity index (χ4v) is 3.22. The van der Waals surface area contributed by atoms with E-state index in [2.05, 4.69) is 4.98 Å². The summed E-state index contributed by atoms with van der Waals surface area (Å²) in [6, 6.07) is 15.7. The van der Waals surface area contributed by atoms with Crippen LogP contribution in [-0.2, 0) is 17.5 Å². The SMILES string of the molecule is O=CN(Cc1ccc(C(F)(F)F)cc1)c1c(-c2ccc(F)cc2)nc2ccccn12. The number of amides is 1. The molecule has 0 saturated carbocycles. The number of hydrogen-bond donors (Lipinski definition) is 0. The minimum atomic E-state index is -4.43. The summed E-state index contributed by atoms with van der Waals surface area (Å²) in [7, 11) is 0. The van der Waals surface area contributed by atoms with E-state index >= 15 is 0 Å². The lowest BCUT2D eigenvalue weighted by Crippen LogP contribution is -2.22. The lowest BCUT2D eigenvalue weighted by molar-refractivity contribution is -0.137. The monoisotopic (exact) mass is 413 g/mol. The summed E-state index contributed by atoms with van der Waals surface area (Å²) in [4.78, 5) is 17.9. The van der Waals surface area contributed by atoms with Gasteiger partial charge in [0.2, 0.25) is 6.41 Å². The molecule has 0 N–H and O–H groups in total. The van der Waals surface area contributed by atoms with Crippen molar-refractivity contribution in [3.05, 3.63) is 89.9 Å². The van der Waals surface area contributed by atoms with Crippen LogP contribution in [0.5, 0.6) is 0 Å².